The first-order chi connectivity index (χ1) is 8.66. The molecule has 18 heavy (non-hydrogen) atoms. The van der Waals surface area contributed by atoms with E-state index in [4.69, 9.17) is 4.98 Å². The molecule has 0 aliphatic carbocycles. The van der Waals surface area contributed by atoms with E-state index in [0.717, 1.165) is 35.6 Å². The smallest absolute Gasteiger partial charge is 0.158 e. The molecular weight excluding hydrogens is 224 g/mol. The first-order valence-electron chi connectivity index (χ1n) is 6.67. The van der Waals surface area contributed by atoms with E-state index < -0.39 is 0 Å². The molecule has 0 amide bonds. The quantitative estimate of drug-likeness (QED) is 0.835. The fraction of sp³-hybridized carbons (Fsp3) is 0.571. The Labute approximate surface area is 107 Å². The first-order valence-corrected chi connectivity index (χ1v) is 6.67. The van der Waals surface area contributed by atoms with Crippen molar-refractivity contribution in [3.8, 4) is 0 Å². The van der Waals surface area contributed by atoms with Gasteiger partial charge in [0.2, 0.25) is 0 Å². The number of aromatic nitrogens is 3. The van der Waals surface area contributed by atoms with Gasteiger partial charge in [-0.15, -0.1) is 0 Å². The zero-order valence-electron chi connectivity index (χ0n) is 11.3. The lowest BCUT2D eigenvalue weighted by atomic mass is 9.93. The number of nitrogens with zero attached hydrogens (tertiary/aromatic N) is 3. The van der Waals surface area contributed by atoms with Crippen molar-refractivity contribution in [1.82, 2.24) is 19.9 Å². The SMILES string of the molecule is Cc1nc2c(C3CCCNC3)cn(C)c2nc1C. The summed E-state index contributed by atoms with van der Waals surface area (Å²) in [4.78, 5) is 9.43. The molecule has 0 saturated carbocycles. The highest BCUT2D eigenvalue weighted by atomic mass is 15.0. The van der Waals surface area contributed by atoms with Crippen LogP contribution in [-0.2, 0) is 7.05 Å². The van der Waals surface area contributed by atoms with Crippen LogP contribution in [0.2, 0.25) is 0 Å². The number of fused-ring (bicyclic) bond motifs is 1. The zero-order valence-corrected chi connectivity index (χ0v) is 11.3. The van der Waals surface area contributed by atoms with Crippen LogP contribution >= 0.6 is 0 Å². The third kappa shape index (κ3) is 1.81. The normalized spacial score (nSPS) is 20.5. The zero-order chi connectivity index (χ0) is 12.7. The van der Waals surface area contributed by atoms with Gasteiger partial charge in [0, 0.05) is 31.3 Å². The summed E-state index contributed by atoms with van der Waals surface area (Å²) in [5.74, 6) is 0.582. The van der Waals surface area contributed by atoms with E-state index in [-0.39, 0.29) is 0 Å². The average molecular weight is 244 g/mol. The molecule has 1 N–H and O–H groups in total. The second-order valence-corrected chi connectivity index (χ2v) is 5.31. The monoisotopic (exact) mass is 244 g/mol. The van der Waals surface area contributed by atoms with Gasteiger partial charge in [-0.25, -0.2) is 9.97 Å². The van der Waals surface area contributed by atoms with Crippen molar-refractivity contribution in [2.45, 2.75) is 32.6 Å². The van der Waals surface area contributed by atoms with Gasteiger partial charge in [-0.2, -0.15) is 0 Å². The number of piperidine rings is 1. The molecule has 1 fully saturated rings. The molecule has 1 aliphatic rings. The highest BCUT2D eigenvalue weighted by molar-refractivity contribution is 5.77. The minimum atomic E-state index is 0.582. The highest BCUT2D eigenvalue weighted by Gasteiger charge is 2.21. The van der Waals surface area contributed by atoms with Crippen molar-refractivity contribution in [3.63, 3.8) is 0 Å². The van der Waals surface area contributed by atoms with Crippen LogP contribution in [0.5, 0.6) is 0 Å². The molecule has 4 nitrogen and oxygen atoms in total. The molecule has 0 bridgehead atoms. The van der Waals surface area contributed by atoms with E-state index in [1.165, 1.54) is 18.4 Å². The lowest BCUT2D eigenvalue weighted by molar-refractivity contribution is 0.462. The van der Waals surface area contributed by atoms with Gasteiger partial charge in [0.15, 0.2) is 5.65 Å². The van der Waals surface area contributed by atoms with Crippen LogP contribution in [0.1, 0.15) is 35.7 Å². The fourth-order valence-electron chi connectivity index (χ4n) is 2.78. The van der Waals surface area contributed by atoms with Gasteiger partial charge >= 0.3 is 0 Å². The maximum atomic E-state index is 4.76. The maximum absolute atomic E-state index is 4.76. The molecular formula is C14H20N4. The molecule has 1 saturated heterocycles. The van der Waals surface area contributed by atoms with Gasteiger partial charge < -0.3 is 9.88 Å². The summed E-state index contributed by atoms with van der Waals surface area (Å²) in [6.07, 6.45) is 4.71. The minimum Gasteiger partial charge on any atom is -0.334 e. The van der Waals surface area contributed by atoms with Crippen molar-refractivity contribution in [1.29, 1.82) is 0 Å². The molecule has 0 aromatic carbocycles. The molecule has 2 aromatic heterocycles. The van der Waals surface area contributed by atoms with Crippen molar-refractivity contribution in [3.05, 3.63) is 23.1 Å². The summed E-state index contributed by atoms with van der Waals surface area (Å²) in [5.41, 5.74) is 5.53. The van der Waals surface area contributed by atoms with Crippen LogP contribution in [0.4, 0.5) is 0 Å². The van der Waals surface area contributed by atoms with Gasteiger partial charge in [0.1, 0.15) is 5.52 Å². The Morgan fingerprint density at radius 3 is 2.78 bits per heavy atom. The summed E-state index contributed by atoms with van der Waals surface area (Å²) in [6, 6.07) is 0. The van der Waals surface area contributed by atoms with Crippen LogP contribution in [0.3, 0.4) is 0 Å². The number of hydrogen-bond donors (Lipinski definition) is 1. The molecule has 3 heterocycles. The van der Waals surface area contributed by atoms with E-state index in [1.807, 2.05) is 13.8 Å². The van der Waals surface area contributed by atoms with Gasteiger partial charge in [-0.1, -0.05) is 0 Å². The van der Waals surface area contributed by atoms with Crippen LogP contribution in [-0.4, -0.2) is 27.6 Å². The Balaban J connectivity index is 2.14. The maximum Gasteiger partial charge on any atom is 0.158 e. The molecule has 0 spiro atoms. The number of hydrogen-bond acceptors (Lipinski definition) is 3. The fourth-order valence-corrected chi connectivity index (χ4v) is 2.78. The minimum absolute atomic E-state index is 0.582. The van der Waals surface area contributed by atoms with Gasteiger partial charge in [0.05, 0.1) is 11.4 Å². The van der Waals surface area contributed by atoms with E-state index in [9.17, 15) is 0 Å². The Hall–Kier alpha value is -1.42. The lowest BCUT2D eigenvalue weighted by Crippen LogP contribution is -2.28. The Morgan fingerprint density at radius 1 is 1.28 bits per heavy atom. The summed E-state index contributed by atoms with van der Waals surface area (Å²) in [6.45, 7) is 6.27. The lowest BCUT2D eigenvalue weighted by Gasteiger charge is -2.22. The van der Waals surface area contributed by atoms with Crippen molar-refractivity contribution < 1.29 is 0 Å². The highest BCUT2D eigenvalue weighted by Crippen LogP contribution is 2.29. The van der Waals surface area contributed by atoms with Gasteiger partial charge in [-0.3, -0.25) is 0 Å². The van der Waals surface area contributed by atoms with Crippen molar-refractivity contribution in [2.75, 3.05) is 13.1 Å². The molecule has 1 unspecified atom stereocenters. The Kier molecular flexibility index (Phi) is 2.82. The topological polar surface area (TPSA) is 42.7 Å². The van der Waals surface area contributed by atoms with E-state index in [2.05, 4.69) is 28.1 Å². The van der Waals surface area contributed by atoms with Crippen LogP contribution < -0.4 is 5.32 Å². The summed E-state index contributed by atoms with van der Waals surface area (Å²) >= 11 is 0. The molecule has 1 aliphatic heterocycles. The van der Waals surface area contributed by atoms with Gasteiger partial charge in [-0.05, 0) is 33.2 Å². The van der Waals surface area contributed by atoms with E-state index in [0.29, 0.717) is 5.92 Å². The second kappa shape index (κ2) is 4.35. The Bertz CT molecular complexity index is 579. The van der Waals surface area contributed by atoms with E-state index >= 15 is 0 Å². The Morgan fingerprint density at radius 2 is 2.06 bits per heavy atom. The molecule has 2 aromatic rings. The predicted molar refractivity (Wildman–Crippen MR) is 72.8 cm³/mol. The molecule has 0 radical (unpaired) electrons. The number of rotatable bonds is 1. The third-order valence-electron chi connectivity index (χ3n) is 3.97. The van der Waals surface area contributed by atoms with Crippen LogP contribution in [0.15, 0.2) is 6.20 Å². The largest absolute Gasteiger partial charge is 0.334 e. The number of aryl methyl sites for hydroxylation is 3. The third-order valence-corrected chi connectivity index (χ3v) is 3.97. The average Bonchev–Trinajstić information content (AvgIpc) is 2.69. The molecule has 4 heteroatoms. The van der Waals surface area contributed by atoms with Crippen molar-refractivity contribution >= 4 is 11.2 Å². The predicted octanol–water partition coefficient (Wildman–Crippen LogP) is 2.05. The van der Waals surface area contributed by atoms with Crippen molar-refractivity contribution in [2.24, 2.45) is 7.05 Å². The molecule has 3 rings (SSSR count). The number of nitrogens with one attached hydrogen (secondary N) is 1. The first kappa shape index (κ1) is 11.7. The standard InChI is InChI=1S/C14H20N4/c1-9-10(2)17-14-13(16-9)12(8-18(14)3)11-5-4-6-15-7-11/h8,11,15H,4-7H2,1-3H3. The molecule has 96 valence electrons. The van der Waals surface area contributed by atoms with Gasteiger partial charge in [0.25, 0.3) is 0 Å². The second-order valence-electron chi connectivity index (χ2n) is 5.31. The summed E-state index contributed by atoms with van der Waals surface area (Å²) in [7, 11) is 2.06. The van der Waals surface area contributed by atoms with Crippen LogP contribution in [0, 0.1) is 13.8 Å². The van der Waals surface area contributed by atoms with E-state index in [1.54, 1.807) is 0 Å². The van der Waals surface area contributed by atoms with Crippen LogP contribution in [0.25, 0.3) is 11.2 Å². The summed E-state index contributed by atoms with van der Waals surface area (Å²) < 4.78 is 2.11. The summed E-state index contributed by atoms with van der Waals surface area (Å²) in [5, 5.41) is 3.48. The molecule has 1 atom stereocenters.